The van der Waals surface area contributed by atoms with E-state index in [1.807, 2.05) is 30.3 Å². The number of nitrogens with one attached hydrogen (secondary N) is 1. The average Bonchev–Trinajstić information content (AvgIpc) is 3.33. The summed E-state index contributed by atoms with van der Waals surface area (Å²) >= 11 is 6.53. The van der Waals surface area contributed by atoms with Crippen molar-refractivity contribution in [1.29, 1.82) is 0 Å². The molecule has 1 fully saturated rings. The maximum atomic E-state index is 13.9. The van der Waals surface area contributed by atoms with Crippen LogP contribution in [0.3, 0.4) is 0 Å². The number of esters is 1. The van der Waals surface area contributed by atoms with Crippen LogP contribution >= 0.6 is 11.6 Å². The maximum absolute atomic E-state index is 13.9. The molecule has 0 radical (unpaired) electrons. The number of carbonyl (C=O) groups excluding carboxylic acids is 1. The van der Waals surface area contributed by atoms with Gasteiger partial charge < -0.3 is 9.64 Å². The predicted octanol–water partition coefficient (Wildman–Crippen LogP) is 2.62. The molecule has 0 aliphatic carbocycles. The first-order valence-corrected chi connectivity index (χ1v) is 12.7. The Hall–Kier alpha value is -4.10. The minimum atomic E-state index is -5.15. The first-order valence-electron chi connectivity index (χ1n) is 12.3. The Balaban J connectivity index is 1.64. The van der Waals surface area contributed by atoms with Crippen LogP contribution in [0.1, 0.15) is 5.56 Å². The summed E-state index contributed by atoms with van der Waals surface area (Å²) in [5, 5.41) is 3.01. The summed E-state index contributed by atoms with van der Waals surface area (Å²) in [6, 6.07) is 16.1. The number of para-hydroxylation sites is 1. The van der Waals surface area contributed by atoms with Crippen molar-refractivity contribution in [2.45, 2.75) is 25.4 Å². The van der Waals surface area contributed by atoms with Crippen molar-refractivity contribution in [2.75, 3.05) is 24.5 Å². The van der Waals surface area contributed by atoms with E-state index in [9.17, 15) is 27.6 Å². The van der Waals surface area contributed by atoms with Crippen LogP contribution in [0, 0.1) is 0 Å². The summed E-state index contributed by atoms with van der Waals surface area (Å²) in [6.07, 6.45) is -6.02. The van der Waals surface area contributed by atoms with E-state index < -0.39 is 29.6 Å². The van der Waals surface area contributed by atoms with E-state index in [4.69, 9.17) is 11.6 Å². The van der Waals surface area contributed by atoms with Crippen molar-refractivity contribution in [3.05, 3.63) is 86.0 Å². The number of anilines is 1. The molecular formula is C26H24ClF3N6O4. The Morgan fingerprint density at radius 2 is 1.82 bits per heavy atom. The van der Waals surface area contributed by atoms with Gasteiger partial charge in [0.15, 0.2) is 17.4 Å². The number of carbonyl (C=O) groups is 1. The van der Waals surface area contributed by atoms with Gasteiger partial charge >= 0.3 is 17.8 Å². The van der Waals surface area contributed by atoms with Crippen molar-refractivity contribution in [2.24, 2.45) is 7.05 Å². The number of halogens is 4. The number of ether oxygens (including phenoxy) is 1. The largest absolute Gasteiger partial charge is 0.490 e. The van der Waals surface area contributed by atoms with Gasteiger partial charge in [-0.2, -0.15) is 18.2 Å². The second-order valence-electron chi connectivity index (χ2n) is 9.20. The Morgan fingerprint density at radius 3 is 2.52 bits per heavy atom. The lowest BCUT2D eigenvalue weighted by Crippen LogP contribution is -2.54. The fourth-order valence-corrected chi connectivity index (χ4v) is 4.86. The fourth-order valence-electron chi connectivity index (χ4n) is 4.64. The lowest BCUT2D eigenvalue weighted by Gasteiger charge is -2.34. The van der Waals surface area contributed by atoms with Crippen molar-refractivity contribution < 1.29 is 22.7 Å². The molecule has 0 spiro atoms. The van der Waals surface area contributed by atoms with Crippen LogP contribution < -0.4 is 21.5 Å². The van der Waals surface area contributed by atoms with Gasteiger partial charge in [0.05, 0.1) is 17.3 Å². The van der Waals surface area contributed by atoms with Gasteiger partial charge in [0, 0.05) is 26.7 Å². The van der Waals surface area contributed by atoms with E-state index in [1.165, 1.54) is 16.2 Å². The molecule has 4 aromatic rings. The first kappa shape index (κ1) is 27.5. The van der Waals surface area contributed by atoms with Crippen molar-refractivity contribution in [3.63, 3.8) is 0 Å². The molecule has 0 bridgehead atoms. The lowest BCUT2D eigenvalue weighted by atomic mass is 10.1. The zero-order valence-electron chi connectivity index (χ0n) is 21.2. The fraction of sp³-hybridized carbons (Fsp3) is 0.308. The van der Waals surface area contributed by atoms with Crippen molar-refractivity contribution in [1.82, 2.24) is 24.0 Å². The van der Waals surface area contributed by atoms with E-state index in [-0.39, 0.29) is 48.3 Å². The highest BCUT2D eigenvalue weighted by Crippen LogP contribution is 2.30. The summed E-state index contributed by atoms with van der Waals surface area (Å²) in [6.45, 7) is 0.315. The number of aryl methyl sites for hydroxylation is 2. The molecule has 0 amide bonds. The molecule has 1 atom stereocenters. The van der Waals surface area contributed by atoms with E-state index >= 15 is 0 Å². The Morgan fingerprint density at radius 1 is 1.12 bits per heavy atom. The zero-order valence-corrected chi connectivity index (χ0v) is 21.9. The first-order chi connectivity index (χ1) is 19.1. The van der Waals surface area contributed by atoms with Gasteiger partial charge in [-0.25, -0.2) is 9.59 Å². The van der Waals surface area contributed by atoms with Crippen LogP contribution in [0.15, 0.2) is 64.2 Å². The highest BCUT2D eigenvalue weighted by Gasteiger charge is 2.43. The summed E-state index contributed by atoms with van der Waals surface area (Å²) in [4.78, 5) is 44.7. The van der Waals surface area contributed by atoms with Gasteiger partial charge in [-0.1, -0.05) is 54.1 Å². The standard InChI is InChI=1S/C26H24ClF3N6O4/c1-33-21-20(22(37)35(25(33)39)13-11-16-7-3-2-4-8-16)36(18-10-6-5-9-17(18)27)24(32-21)34-14-12-31-19(15-34)40-23(38)26(28,29)30/h2-10,19,31H,11-15H2,1H3. The molecule has 14 heteroatoms. The topological polar surface area (TPSA) is 103 Å². The molecule has 10 nitrogen and oxygen atoms in total. The number of alkyl halides is 3. The third kappa shape index (κ3) is 5.21. The van der Waals surface area contributed by atoms with E-state index in [0.29, 0.717) is 12.1 Å². The molecule has 210 valence electrons. The average molecular weight is 577 g/mol. The quantitative estimate of drug-likeness (QED) is 0.352. The zero-order chi connectivity index (χ0) is 28.6. The predicted molar refractivity (Wildman–Crippen MR) is 142 cm³/mol. The van der Waals surface area contributed by atoms with Crippen molar-refractivity contribution >= 4 is 34.7 Å². The molecule has 1 aliphatic heterocycles. The molecule has 5 rings (SSSR count). The monoisotopic (exact) mass is 576 g/mol. The summed E-state index contributed by atoms with van der Waals surface area (Å²) in [5.41, 5.74) is 0.305. The minimum absolute atomic E-state index is 0.0700. The number of hydrogen-bond donors (Lipinski definition) is 1. The second-order valence-corrected chi connectivity index (χ2v) is 9.60. The lowest BCUT2D eigenvalue weighted by molar-refractivity contribution is -0.206. The van der Waals surface area contributed by atoms with Crippen LogP contribution in [-0.4, -0.2) is 56.7 Å². The normalized spacial score (nSPS) is 15.9. The molecule has 40 heavy (non-hydrogen) atoms. The number of rotatable bonds is 6. The molecule has 0 saturated carbocycles. The van der Waals surface area contributed by atoms with Crippen LogP contribution in [0.5, 0.6) is 0 Å². The van der Waals surface area contributed by atoms with E-state index in [1.54, 1.807) is 29.2 Å². The smallest absolute Gasteiger partial charge is 0.438 e. The van der Waals surface area contributed by atoms with Gasteiger partial charge in [0.1, 0.15) is 0 Å². The third-order valence-electron chi connectivity index (χ3n) is 6.59. The Labute approximate surface area is 230 Å². The highest BCUT2D eigenvalue weighted by molar-refractivity contribution is 6.32. The SMILES string of the molecule is Cn1c(=O)n(CCc2ccccc2)c(=O)c2c1nc(N1CCNC(OC(=O)C(F)(F)F)C1)n2-c1ccccc1Cl. The number of piperazine rings is 1. The summed E-state index contributed by atoms with van der Waals surface area (Å²) in [5.74, 6) is -2.17. The van der Waals surface area contributed by atoms with E-state index in [0.717, 1.165) is 10.1 Å². The van der Waals surface area contributed by atoms with Gasteiger partial charge in [0.2, 0.25) is 5.95 Å². The number of aromatic nitrogens is 4. The molecular weight excluding hydrogens is 553 g/mol. The van der Waals surface area contributed by atoms with Gasteiger partial charge in [-0.3, -0.25) is 23.8 Å². The van der Waals surface area contributed by atoms with Crippen LogP contribution in [0.4, 0.5) is 19.1 Å². The summed E-state index contributed by atoms with van der Waals surface area (Å²) in [7, 11) is 1.49. The van der Waals surface area contributed by atoms with Crippen LogP contribution in [0.25, 0.3) is 16.9 Å². The number of nitrogens with zero attached hydrogens (tertiary/aromatic N) is 5. The van der Waals surface area contributed by atoms with Crippen LogP contribution in [-0.2, 0) is 29.5 Å². The number of benzene rings is 2. The van der Waals surface area contributed by atoms with Crippen molar-refractivity contribution in [3.8, 4) is 5.69 Å². The molecule has 1 saturated heterocycles. The summed E-state index contributed by atoms with van der Waals surface area (Å²) < 4.78 is 46.9. The molecule has 3 heterocycles. The molecule has 2 aromatic heterocycles. The molecule has 2 aromatic carbocycles. The van der Waals surface area contributed by atoms with Gasteiger partial charge in [-0.15, -0.1) is 0 Å². The number of hydrogen-bond acceptors (Lipinski definition) is 7. The minimum Gasteiger partial charge on any atom is -0.438 e. The van der Waals surface area contributed by atoms with Gasteiger partial charge in [-0.05, 0) is 24.1 Å². The molecule has 1 N–H and O–H groups in total. The maximum Gasteiger partial charge on any atom is 0.490 e. The molecule has 1 unspecified atom stereocenters. The highest BCUT2D eigenvalue weighted by atomic mass is 35.5. The Bertz CT molecular complexity index is 1680. The number of imidazole rings is 1. The molecule has 1 aliphatic rings. The number of fused-ring (bicyclic) bond motifs is 1. The second kappa shape index (κ2) is 10.8. The van der Waals surface area contributed by atoms with E-state index in [2.05, 4.69) is 15.0 Å². The van der Waals surface area contributed by atoms with Crippen LogP contribution in [0.2, 0.25) is 5.02 Å². The third-order valence-corrected chi connectivity index (χ3v) is 6.91. The van der Waals surface area contributed by atoms with Gasteiger partial charge in [0.25, 0.3) is 5.56 Å². The Kier molecular flexibility index (Phi) is 7.43.